The fraction of sp³-hybridized carbons (Fsp3) is 0.414. The number of para-hydroxylation sites is 1. The van der Waals surface area contributed by atoms with Gasteiger partial charge >= 0.3 is 5.97 Å². The van der Waals surface area contributed by atoms with E-state index < -0.39 is 32.8 Å². The number of hydrogen-bond donors (Lipinski definition) is 2. The van der Waals surface area contributed by atoms with Crippen LogP contribution in [0.1, 0.15) is 36.9 Å². The van der Waals surface area contributed by atoms with E-state index in [0.717, 1.165) is 22.9 Å². The number of ether oxygens (including phenoxy) is 1. The van der Waals surface area contributed by atoms with Crippen molar-refractivity contribution in [1.29, 1.82) is 0 Å². The van der Waals surface area contributed by atoms with E-state index in [1.807, 2.05) is 62.5 Å². The van der Waals surface area contributed by atoms with E-state index in [2.05, 4.69) is 10.3 Å². The third-order valence-electron chi connectivity index (χ3n) is 7.00. The molecule has 214 valence electrons. The van der Waals surface area contributed by atoms with Crippen LogP contribution in [0, 0.1) is 16.7 Å². The van der Waals surface area contributed by atoms with E-state index in [4.69, 9.17) is 8.92 Å². The minimum Gasteiger partial charge on any atom is -0.490 e. The molecular formula is C29H34N2O7S2. The second-order valence-electron chi connectivity index (χ2n) is 11.1. The summed E-state index contributed by atoms with van der Waals surface area (Å²) in [7, 11) is -3.55. The second-order valence-corrected chi connectivity index (χ2v) is 13.7. The van der Waals surface area contributed by atoms with Gasteiger partial charge < -0.3 is 15.2 Å². The lowest BCUT2D eigenvalue weighted by Gasteiger charge is -2.41. The number of benzene rings is 2. The van der Waals surface area contributed by atoms with Gasteiger partial charge in [0.05, 0.1) is 29.8 Å². The van der Waals surface area contributed by atoms with Gasteiger partial charge in [-0.3, -0.25) is 13.8 Å². The lowest BCUT2D eigenvalue weighted by atomic mass is 9.61. The largest absolute Gasteiger partial charge is 0.490 e. The van der Waals surface area contributed by atoms with E-state index in [9.17, 15) is 23.1 Å². The Hall–Kier alpha value is -3.28. The number of aliphatic carboxylic acids is 1. The highest BCUT2D eigenvalue weighted by molar-refractivity contribution is 7.85. The molecule has 2 N–H and O–H groups in total. The summed E-state index contributed by atoms with van der Waals surface area (Å²) in [5.41, 5.74) is 1.61. The maximum absolute atomic E-state index is 13.9. The molecule has 3 aromatic rings. The fourth-order valence-electron chi connectivity index (χ4n) is 5.56. The van der Waals surface area contributed by atoms with Crippen molar-refractivity contribution < 1.29 is 32.0 Å². The van der Waals surface area contributed by atoms with E-state index in [0.29, 0.717) is 29.3 Å². The molecule has 0 radical (unpaired) electrons. The zero-order valence-electron chi connectivity index (χ0n) is 23.0. The summed E-state index contributed by atoms with van der Waals surface area (Å²) in [4.78, 5) is 31.1. The molecule has 1 amide bonds. The van der Waals surface area contributed by atoms with Crippen molar-refractivity contribution in [2.45, 2.75) is 40.2 Å². The lowest BCUT2D eigenvalue weighted by Crippen LogP contribution is -2.53. The third kappa shape index (κ3) is 6.71. The molecule has 11 heteroatoms. The zero-order valence-corrected chi connectivity index (χ0v) is 24.6. The Morgan fingerprint density at radius 3 is 2.30 bits per heavy atom. The molecule has 1 aliphatic carbocycles. The number of nitrogens with one attached hydrogen (secondary N) is 1. The molecule has 1 unspecified atom stereocenters. The van der Waals surface area contributed by atoms with Gasteiger partial charge in [-0.25, -0.2) is 4.98 Å². The SMILES string of the molecule is CC(C)(C)C(C(=O)O)C1(C(=O)NCc2nc(-c3ccccc3OCCOS(C)(=O)=O)cs2)Cc2ccccc2C1. The minimum atomic E-state index is -3.55. The average molecular weight is 587 g/mol. The summed E-state index contributed by atoms with van der Waals surface area (Å²) in [6, 6.07) is 15.0. The quantitative estimate of drug-likeness (QED) is 0.251. The van der Waals surface area contributed by atoms with Crippen molar-refractivity contribution in [2.24, 2.45) is 16.7 Å². The first-order chi connectivity index (χ1) is 18.8. The Balaban J connectivity index is 1.50. The van der Waals surface area contributed by atoms with Gasteiger partial charge in [-0.05, 0) is 41.5 Å². The molecule has 0 fully saturated rings. The van der Waals surface area contributed by atoms with Crippen LogP contribution in [0.2, 0.25) is 0 Å². The van der Waals surface area contributed by atoms with Crippen LogP contribution in [0.25, 0.3) is 11.3 Å². The number of carbonyl (C=O) groups excluding carboxylic acids is 1. The molecule has 1 aromatic heterocycles. The van der Waals surface area contributed by atoms with Crippen molar-refractivity contribution in [2.75, 3.05) is 19.5 Å². The number of fused-ring (bicyclic) bond motifs is 1. The molecular weight excluding hydrogens is 552 g/mol. The van der Waals surface area contributed by atoms with E-state index in [1.54, 1.807) is 12.1 Å². The molecule has 9 nitrogen and oxygen atoms in total. The monoisotopic (exact) mass is 586 g/mol. The van der Waals surface area contributed by atoms with Gasteiger partial charge in [0.2, 0.25) is 5.91 Å². The molecule has 40 heavy (non-hydrogen) atoms. The Bertz CT molecular complexity index is 1470. The molecule has 1 heterocycles. The Kier molecular flexibility index (Phi) is 8.67. The number of nitrogens with zero attached hydrogens (tertiary/aromatic N) is 1. The van der Waals surface area contributed by atoms with E-state index in [-0.39, 0.29) is 25.7 Å². The third-order valence-corrected chi connectivity index (χ3v) is 8.44. The minimum absolute atomic E-state index is 0.0418. The number of aromatic nitrogens is 1. The van der Waals surface area contributed by atoms with Gasteiger partial charge in [-0.2, -0.15) is 8.42 Å². The van der Waals surface area contributed by atoms with Gasteiger partial charge in [-0.1, -0.05) is 57.2 Å². The predicted molar refractivity (Wildman–Crippen MR) is 153 cm³/mol. The summed E-state index contributed by atoms with van der Waals surface area (Å²) >= 11 is 1.37. The number of carboxylic acid groups (broad SMARTS) is 1. The second kappa shape index (κ2) is 11.7. The number of carbonyl (C=O) groups is 2. The number of hydrogen-bond acceptors (Lipinski definition) is 8. The van der Waals surface area contributed by atoms with Crippen LogP contribution in [0.5, 0.6) is 5.75 Å². The first-order valence-corrected chi connectivity index (χ1v) is 15.6. The zero-order chi connectivity index (χ0) is 29.1. The molecule has 0 saturated heterocycles. The normalized spacial score (nSPS) is 15.3. The van der Waals surface area contributed by atoms with Crippen LogP contribution < -0.4 is 10.1 Å². The highest BCUT2D eigenvalue weighted by Crippen LogP contribution is 2.49. The van der Waals surface area contributed by atoms with Gasteiger partial charge in [0.15, 0.2) is 0 Å². The average Bonchev–Trinajstić information content (AvgIpc) is 3.49. The van der Waals surface area contributed by atoms with Crippen molar-refractivity contribution >= 4 is 33.3 Å². The van der Waals surface area contributed by atoms with Gasteiger partial charge in [0.25, 0.3) is 10.1 Å². The molecule has 0 spiro atoms. The Labute approximate surface area is 238 Å². The van der Waals surface area contributed by atoms with E-state index in [1.165, 1.54) is 11.3 Å². The van der Waals surface area contributed by atoms with Gasteiger partial charge in [0, 0.05) is 10.9 Å². The summed E-state index contributed by atoms with van der Waals surface area (Å²) in [6.07, 6.45) is 1.70. The molecule has 0 aliphatic heterocycles. The standard InChI is InChI=1S/C29H34N2O7S2/c1-28(2,3)25(26(32)33)29(15-19-9-5-6-10-20(19)16-29)27(34)30-17-24-31-22(18-39-24)21-11-7-8-12-23(21)37-13-14-38-40(4,35)36/h5-12,18,25H,13-17H2,1-4H3,(H,30,34)(H,32,33). The van der Waals surface area contributed by atoms with Crippen LogP contribution in [-0.2, 0) is 43.3 Å². The first-order valence-electron chi connectivity index (χ1n) is 12.9. The molecule has 1 aliphatic rings. The van der Waals surface area contributed by atoms with Crippen molar-refractivity contribution in [3.8, 4) is 17.0 Å². The highest BCUT2D eigenvalue weighted by Gasteiger charge is 2.56. The number of thiazole rings is 1. The smallest absolute Gasteiger partial charge is 0.308 e. The maximum Gasteiger partial charge on any atom is 0.308 e. The van der Waals surface area contributed by atoms with Crippen molar-refractivity contribution in [3.63, 3.8) is 0 Å². The van der Waals surface area contributed by atoms with Crippen LogP contribution in [-0.4, -0.2) is 49.9 Å². The van der Waals surface area contributed by atoms with E-state index >= 15 is 0 Å². The highest BCUT2D eigenvalue weighted by atomic mass is 32.2. The summed E-state index contributed by atoms with van der Waals surface area (Å²) in [5, 5.41) is 15.8. The van der Waals surface area contributed by atoms with Gasteiger partial charge in [0.1, 0.15) is 24.0 Å². The Morgan fingerprint density at radius 2 is 1.70 bits per heavy atom. The van der Waals surface area contributed by atoms with Crippen molar-refractivity contribution in [1.82, 2.24) is 10.3 Å². The molecule has 0 bridgehead atoms. The molecule has 2 aromatic carbocycles. The predicted octanol–water partition coefficient (Wildman–Crippen LogP) is 4.31. The first kappa shape index (κ1) is 29.7. The topological polar surface area (TPSA) is 132 Å². The number of carboxylic acids is 1. The summed E-state index contributed by atoms with van der Waals surface area (Å²) in [5.74, 6) is -1.64. The Morgan fingerprint density at radius 1 is 1.07 bits per heavy atom. The fourth-order valence-corrected chi connectivity index (χ4v) is 6.67. The lowest BCUT2D eigenvalue weighted by molar-refractivity contribution is -0.159. The van der Waals surface area contributed by atoms with Crippen LogP contribution >= 0.6 is 11.3 Å². The number of amides is 1. The summed E-state index contributed by atoms with van der Waals surface area (Å²) < 4.78 is 32.8. The maximum atomic E-state index is 13.9. The van der Waals surface area contributed by atoms with Crippen LogP contribution in [0.15, 0.2) is 53.9 Å². The summed E-state index contributed by atoms with van der Waals surface area (Å²) in [6.45, 7) is 5.68. The van der Waals surface area contributed by atoms with Gasteiger partial charge in [-0.15, -0.1) is 11.3 Å². The van der Waals surface area contributed by atoms with Crippen molar-refractivity contribution in [3.05, 3.63) is 70.0 Å². The molecule has 4 rings (SSSR count). The molecule has 1 atom stereocenters. The number of rotatable bonds is 11. The molecule has 0 saturated carbocycles. The van der Waals surface area contributed by atoms with Crippen LogP contribution in [0.4, 0.5) is 0 Å². The van der Waals surface area contributed by atoms with Crippen LogP contribution in [0.3, 0.4) is 0 Å².